The van der Waals surface area contributed by atoms with Gasteiger partial charge in [-0.2, -0.15) is 0 Å². The lowest BCUT2D eigenvalue weighted by Crippen LogP contribution is -2.51. The number of hydrogen-bond acceptors (Lipinski definition) is 4. The fourth-order valence-corrected chi connectivity index (χ4v) is 4.23. The van der Waals surface area contributed by atoms with Crippen LogP contribution < -0.4 is 4.90 Å². The first-order valence-corrected chi connectivity index (χ1v) is 9.32. The number of piperidine rings is 1. The standard InChI is InChI=1S/C19H29N5/c1-15(23-13-11-22(2)12-14-23)16-6-9-24(10-7-16)18-4-3-17-5-8-20-19(17)21-18/h3-5,8,15-16H,6-7,9-14H2,1-2H3,(H,20,21)/t15-/m1/s1. The minimum atomic E-state index is 0.708. The number of aromatic amines is 1. The summed E-state index contributed by atoms with van der Waals surface area (Å²) in [7, 11) is 2.23. The molecule has 1 atom stereocenters. The summed E-state index contributed by atoms with van der Waals surface area (Å²) >= 11 is 0. The molecule has 4 heterocycles. The van der Waals surface area contributed by atoms with Crippen molar-refractivity contribution in [2.75, 3.05) is 51.2 Å². The molecule has 130 valence electrons. The molecule has 2 aromatic heterocycles. The number of hydrogen-bond donors (Lipinski definition) is 1. The first kappa shape index (κ1) is 15.9. The molecule has 2 aliphatic rings. The number of pyridine rings is 1. The first-order valence-electron chi connectivity index (χ1n) is 9.32. The van der Waals surface area contributed by atoms with Crippen molar-refractivity contribution in [3.05, 3.63) is 24.4 Å². The molecule has 2 saturated heterocycles. The third-order valence-corrected chi connectivity index (χ3v) is 6.05. The Balaban J connectivity index is 1.35. The van der Waals surface area contributed by atoms with Gasteiger partial charge in [0.1, 0.15) is 11.5 Å². The molecule has 0 amide bonds. The zero-order valence-corrected chi connectivity index (χ0v) is 14.9. The van der Waals surface area contributed by atoms with Crippen molar-refractivity contribution in [3.8, 4) is 0 Å². The summed E-state index contributed by atoms with van der Waals surface area (Å²) in [6, 6.07) is 7.13. The molecule has 24 heavy (non-hydrogen) atoms. The summed E-state index contributed by atoms with van der Waals surface area (Å²) in [5, 5.41) is 1.19. The quantitative estimate of drug-likeness (QED) is 0.940. The largest absolute Gasteiger partial charge is 0.357 e. The summed E-state index contributed by atoms with van der Waals surface area (Å²) in [6.45, 7) is 9.57. The number of aromatic nitrogens is 2. The van der Waals surface area contributed by atoms with Crippen LogP contribution in [0, 0.1) is 5.92 Å². The smallest absolute Gasteiger partial charge is 0.139 e. The lowest BCUT2D eigenvalue weighted by molar-refractivity contribution is 0.0813. The Morgan fingerprint density at radius 1 is 1.04 bits per heavy atom. The number of rotatable bonds is 3. The van der Waals surface area contributed by atoms with Crippen molar-refractivity contribution in [2.24, 2.45) is 5.92 Å². The fourth-order valence-electron chi connectivity index (χ4n) is 4.23. The Labute approximate surface area is 144 Å². The molecule has 0 bridgehead atoms. The van der Waals surface area contributed by atoms with Crippen molar-refractivity contribution in [1.29, 1.82) is 0 Å². The molecular formula is C19H29N5. The molecule has 2 aromatic rings. The van der Waals surface area contributed by atoms with E-state index in [0.29, 0.717) is 6.04 Å². The van der Waals surface area contributed by atoms with E-state index in [9.17, 15) is 0 Å². The van der Waals surface area contributed by atoms with Crippen LogP contribution in [-0.4, -0.2) is 72.1 Å². The van der Waals surface area contributed by atoms with Crippen LogP contribution in [0.15, 0.2) is 24.4 Å². The summed E-state index contributed by atoms with van der Waals surface area (Å²) in [6.07, 6.45) is 4.52. The van der Waals surface area contributed by atoms with Gasteiger partial charge in [0.05, 0.1) is 0 Å². The number of nitrogens with one attached hydrogen (secondary N) is 1. The van der Waals surface area contributed by atoms with Crippen LogP contribution in [0.2, 0.25) is 0 Å². The number of likely N-dealkylation sites (N-methyl/N-ethyl adjacent to an activating group) is 1. The van der Waals surface area contributed by atoms with Gasteiger partial charge in [0, 0.05) is 56.9 Å². The minimum Gasteiger partial charge on any atom is -0.357 e. The van der Waals surface area contributed by atoms with Gasteiger partial charge in [-0.15, -0.1) is 0 Å². The highest BCUT2D eigenvalue weighted by Crippen LogP contribution is 2.27. The molecule has 2 fully saturated rings. The van der Waals surface area contributed by atoms with Gasteiger partial charge in [0.2, 0.25) is 0 Å². The SMILES string of the molecule is C[C@H](C1CCN(c2ccc3cc[nH]c3n2)CC1)N1CCN(C)CC1. The molecule has 0 spiro atoms. The first-order chi connectivity index (χ1) is 11.7. The molecule has 1 N–H and O–H groups in total. The van der Waals surface area contributed by atoms with Crippen molar-refractivity contribution in [2.45, 2.75) is 25.8 Å². The van der Waals surface area contributed by atoms with E-state index in [1.807, 2.05) is 6.20 Å². The maximum Gasteiger partial charge on any atom is 0.139 e. The van der Waals surface area contributed by atoms with Crippen molar-refractivity contribution in [1.82, 2.24) is 19.8 Å². The monoisotopic (exact) mass is 327 g/mol. The molecular weight excluding hydrogens is 298 g/mol. The molecule has 2 aliphatic heterocycles. The van der Waals surface area contributed by atoms with Crippen LogP contribution in [-0.2, 0) is 0 Å². The third-order valence-electron chi connectivity index (χ3n) is 6.05. The Hall–Kier alpha value is -1.59. The van der Waals surface area contributed by atoms with E-state index in [-0.39, 0.29) is 0 Å². The predicted molar refractivity (Wildman–Crippen MR) is 99.6 cm³/mol. The van der Waals surface area contributed by atoms with Gasteiger partial charge in [-0.25, -0.2) is 4.98 Å². The van der Waals surface area contributed by atoms with Gasteiger partial charge < -0.3 is 14.8 Å². The van der Waals surface area contributed by atoms with E-state index in [2.05, 4.69) is 51.9 Å². The molecule has 0 aliphatic carbocycles. The Morgan fingerprint density at radius 2 is 1.79 bits per heavy atom. The van der Waals surface area contributed by atoms with Gasteiger partial charge in [-0.05, 0) is 50.9 Å². The topological polar surface area (TPSA) is 38.4 Å². The van der Waals surface area contributed by atoms with Gasteiger partial charge in [-0.3, -0.25) is 4.90 Å². The van der Waals surface area contributed by atoms with Crippen LogP contribution in [0.1, 0.15) is 19.8 Å². The second-order valence-electron chi connectivity index (χ2n) is 7.49. The normalized spacial score (nSPS) is 23.0. The number of nitrogens with zero attached hydrogens (tertiary/aromatic N) is 4. The number of piperazine rings is 1. The maximum absolute atomic E-state index is 4.78. The van der Waals surface area contributed by atoms with E-state index in [4.69, 9.17) is 4.98 Å². The predicted octanol–water partition coefficient (Wildman–Crippen LogP) is 2.42. The third kappa shape index (κ3) is 3.15. The average molecular weight is 327 g/mol. The zero-order chi connectivity index (χ0) is 16.5. The highest BCUT2D eigenvalue weighted by molar-refractivity contribution is 5.77. The van der Waals surface area contributed by atoms with E-state index in [1.54, 1.807) is 0 Å². The molecule has 5 nitrogen and oxygen atoms in total. The molecule has 0 saturated carbocycles. The number of fused-ring (bicyclic) bond motifs is 1. The Bertz CT molecular complexity index is 665. The Morgan fingerprint density at radius 3 is 2.54 bits per heavy atom. The van der Waals surface area contributed by atoms with Gasteiger partial charge in [0.15, 0.2) is 0 Å². The Kier molecular flexibility index (Phi) is 4.46. The van der Waals surface area contributed by atoms with Crippen LogP contribution in [0.25, 0.3) is 11.0 Å². The lowest BCUT2D eigenvalue weighted by atomic mass is 9.89. The maximum atomic E-state index is 4.78. The average Bonchev–Trinajstić information content (AvgIpc) is 3.09. The highest BCUT2D eigenvalue weighted by atomic mass is 15.3. The van der Waals surface area contributed by atoms with Crippen molar-refractivity contribution in [3.63, 3.8) is 0 Å². The van der Waals surface area contributed by atoms with E-state index in [0.717, 1.165) is 30.5 Å². The molecule has 0 unspecified atom stereocenters. The summed E-state index contributed by atoms with van der Waals surface area (Å²) in [5.41, 5.74) is 1.00. The van der Waals surface area contributed by atoms with E-state index >= 15 is 0 Å². The fraction of sp³-hybridized carbons (Fsp3) is 0.632. The van der Waals surface area contributed by atoms with Crippen molar-refractivity contribution >= 4 is 16.9 Å². The van der Waals surface area contributed by atoms with Crippen LogP contribution >= 0.6 is 0 Å². The number of H-pyrrole nitrogens is 1. The molecule has 0 radical (unpaired) electrons. The van der Waals surface area contributed by atoms with Crippen LogP contribution in [0.3, 0.4) is 0 Å². The summed E-state index contributed by atoms with van der Waals surface area (Å²) < 4.78 is 0. The van der Waals surface area contributed by atoms with Gasteiger partial charge in [0.25, 0.3) is 0 Å². The van der Waals surface area contributed by atoms with Crippen LogP contribution in [0.5, 0.6) is 0 Å². The van der Waals surface area contributed by atoms with E-state index < -0.39 is 0 Å². The van der Waals surface area contributed by atoms with E-state index in [1.165, 1.54) is 44.4 Å². The summed E-state index contributed by atoms with van der Waals surface area (Å²) in [5.74, 6) is 1.94. The van der Waals surface area contributed by atoms with Crippen molar-refractivity contribution < 1.29 is 0 Å². The lowest BCUT2D eigenvalue weighted by Gasteiger charge is -2.42. The highest BCUT2D eigenvalue weighted by Gasteiger charge is 2.29. The summed E-state index contributed by atoms with van der Waals surface area (Å²) in [4.78, 5) is 15.6. The molecule has 4 rings (SSSR count). The van der Waals surface area contributed by atoms with Gasteiger partial charge in [-0.1, -0.05) is 0 Å². The number of anilines is 1. The second kappa shape index (κ2) is 6.73. The molecule has 0 aromatic carbocycles. The van der Waals surface area contributed by atoms with Gasteiger partial charge >= 0.3 is 0 Å². The minimum absolute atomic E-state index is 0.708. The molecule has 5 heteroatoms. The van der Waals surface area contributed by atoms with Crippen LogP contribution in [0.4, 0.5) is 5.82 Å². The zero-order valence-electron chi connectivity index (χ0n) is 14.9. The second-order valence-corrected chi connectivity index (χ2v) is 7.49.